The normalized spacial score (nSPS) is 16.4. The van der Waals surface area contributed by atoms with E-state index in [2.05, 4.69) is 164 Å². The van der Waals surface area contributed by atoms with Crippen LogP contribution in [0.1, 0.15) is 198 Å². The highest BCUT2D eigenvalue weighted by Gasteiger charge is 2.46. The van der Waals surface area contributed by atoms with Gasteiger partial charge in [0.2, 0.25) is 0 Å². The smallest absolute Gasteiger partial charge is 0.413 e. The highest BCUT2D eigenvalue weighted by atomic mass is 16.6. The van der Waals surface area contributed by atoms with E-state index in [1.54, 1.807) is 4.90 Å². The van der Waals surface area contributed by atoms with Crippen molar-refractivity contribution in [1.29, 1.82) is 0 Å². The van der Waals surface area contributed by atoms with Crippen LogP contribution >= 0.6 is 0 Å². The van der Waals surface area contributed by atoms with Crippen molar-refractivity contribution in [3.63, 3.8) is 0 Å². The Balaban J connectivity index is 0.000000340. The average molecular weight is 1050 g/mol. The maximum Gasteiger partial charge on any atom is 0.413 e. The molecule has 10 nitrogen and oxygen atoms in total. The Morgan fingerprint density at radius 3 is 1.37 bits per heavy atom. The van der Waals surface area contributed by atoms with Gasteiger partial charge in [0, 0.05) is 10.8 Å². The molecule has 2 unspecified atom stereocenters. The number of benzene rings is 4. The van der Waals surface area contributed by atoms with Gasteiger partial charge in [-0.15, -0.1) is 0 Å². The predicted molar refractivity (Wildman–Crippen MR) is 313 cm³/mol. The summed E-state index contributed by atoms with van der Waals surface area (Å²) in [6.45, 7) is 40.4. The van der Waals surface area contributed by atoms with Gasteiger partial charge in [-0.05, 0) is 192 Å². The first-order chi connectivity index (χ1) is 35.3. The summed E-state index contributed by atoms with van der Waals surface area (Å²) in [5, 5.41) is 30.1. The monoisotopic (exact) mass is 1050 g/mol. The van der Waals surface area contributed by atoms with Crippen molar-refractivity contribution < 1.29 is 39.1 Å². The van der Waals surface area contributed by atoms with E-state index < -0.39 is 17.4 Å². The van der Waals surface area contributed by atoms with E-state index in [9.17, 15) is 15.0 Å². The Labute approximate surface area is 460 Å². The summed E-state index contributed by atoms with van der Waals surface area (Å²) in [5.74, 6) is 1.62. The van der Waals surface area contributed by atoms with Crippen LogP contribution in [-0.2, 0) is 33.1 Å². The van der Waals surface area contributed by atoms with E-state index in [0.717, 1.165) is 74.0 Å². The summed E-state index contributed by atoms with van der Waals surface area (Å²) < 4.78 is 23.8. The molecule has 4 aromatic carbocycles. The van der Waals surface area contributed by atoms with Crippen molar-refractivity contribution in [1.82, 2.24) is 4.90 Å². The molecule has 0 spiro atoms. The molecule has 1 aliphatic heterocycles. The standard InChI is InChI=1S/C37H57NO5.C29H45NO3/c1-13-37(14-2,28-17-15-27(25(3)21-28)16-20-32(39)34(5,6)7)29-18-19-31(26(4)22-29)41-23-30-24-42-36(11,12)38(30)33(40)43-35(8,9)10;1-8-29(9-2,24-13-14-26(21(4)17-24)33-19-25(30)18-31)23-12-10-22(20(3)16-23)11-15-27(32)28(5,6)7/h15,17-19,21-22,30,32,39H,13-14,16,20,23-24H2,1-12H3;10,12-14,16-17,25,27,31-32H,8-9,11,15,18-19,30H2,1-7H3/t30-,32?;25-,27?/m01/s1. The molecule has 1 heterocycles. The molecule has 4 atom stereocenters. The van der Waals surface area contributed by atoms with E-state index >= 15 is 0 Å². The molecule has 0 radical (unpaired) electrons. The van der Waals surface area contributed by atoms with E-state index in [1.807, 2.05) is 40.7 Å². The number of aliphatic hydroxyl groups is 3. The summed E-state index contributed by atoms with van der Waals surface area (Å²) in [6.07, 6.45) is 6.22. The van der Waals surface area contributed by atoms with Crippen molar-refractivity contribution in [3.8, 4) is 11.5 Å². The maximum atomic E-state index is 13.0. The SMILES string of the molecule is CCC(CC)(c1ccc(CCC(O)C(C)(C)C)c(C)c1)c1ccc(OC[C@H](N)CO)c(C)c1.CCC(CC)(c1ccc(CCC(O)C(C)(C)C)c(C)c1)c1ccc(OC[C@H]2COC(C)(C)N2C(=O)OC(C)(C)C)c(C)c1. The number of aryl methyl sites for hydroxylation is 6. The van der Waals surface area contributed by atoms with Crippen molar-refractivity contribution in [2.24, 2.45) is 16.6 Å². The molecular formula is C66H102N2O8. The molecule has 1 fully saturated rings. The first kappa shape index (κ1) is 64.1. The van der Waals surface area contributed by atoms with Crippen LogP contribution in [0.3, 0.4) is 0 Å². The van der Waals surface area contributed by atoms with Gasteiger partial charge in [0.15, 0.2) is 0 Å². The summed E-state index contributed by atoms with van der Waals surface area (Å²) in [6, 6.07) is 26.1. The fraction of sp³-hybridized carbons (Fsp3) is 0.621. The molecule has 1 aliphatic rings. The van der Waals surface area contributed by atoms with Crippen LogP contribution in [0.2, 0.25) is 0 Å². The molecule has 10 heteroatoms. The lowest BCUT2D eigenvalue weighted by Gasteiger charge is -2.35. The second-order valence-electron chi connectivity index (χ2n) is 25.5. The Morgan fingerprint density at radius 1 is 0.645 bits per heavy atom. The van der Waals surface area contributed by atoms with Crippen LogP contribution < -0.4 is 15.2 Å². The zero-order chi connectivity index (χ0) is 57.2. The van der Waals surface area contributed by atoms with Crippen molar-refractivity contribution in [2.75, 3.05) is 26.4 Å². The van der Waals surface area contributed by atoms with Gasteiger partial charge in [-0.3, -0.25) is 4.90 Å². The molecule has 0 aromatic heterocycles. The second-order valence-corrected chi connectivity index (χ2v) is 25.5. The topological polar surface area (TPSA) is 144 Å². The lowest BCUT2D eigenvalue weighted by molar-refractivity contribution is -0.0637. The number of ether oxygens (including phenoxy) is 4. The van der Waals surface area contributed by atoms with Crippen LogP contribution in [-0.4, -0.2) is 88.4 Å². The molecule has 5 rings (SSSR count). The number of nitrogens with two attached hydrogens (primary N) is 1. The number of carbonyl (C=O) groups excluding carboxylic acids is 1. The van der Waals surface area contributed by atoms with Gasteiger partial charge in [-0.1, -0.05) is 130 Å². The third-order valence-corrected chi connectivity index (χ3v) is 16.3. The minimum Gasteiger partial charge on any atom is -0.492 e. The Morgan fingerprint density at radius 2 is 1.03 bits per heavy atom. The molecule has 1 saturated heterocycles. The largest absolute Gasteiger partial charge is 0.492 e. The number of nitrogens with zero attached hydrogens (tertiary/aromatic N) is 1. The Hall–Kier alpha value is -4.45. The molecule has 4 aromatic rings. The number of amides is 1. The summed E-state index contributed by atoms with van der Waals surface area (Å²) in [7, 11) is 0. The minimum absolute atomic E-state index is 0.0704. The van der Waals surface area contributed by atoms with E-state index in [-0.39, 0.29) is 52.6 Å². The zero-order valence-corrected chi connectivity index (χ0v) is 50.6. The van der Waals surface area contributed by atoms with Crippen LogP contribution in [0.4, 0.5) is 4.79 Å². The number of carbonyl (C=O) groups is 1. The number of hydrogen-bond donors (Lipinski definition) is 4. The Kier molecular flexibility index (Phi) is 22.3. The van der Waals surface area contributed by atoms with Gasteiger partial charge in [0.25, 0.3) is 0 Å². The predicted octanol–water partition coefficient (Wildman–Crippen LogP) is 13.9. The highest BCUT2D eigenvalue weighted by Crippen LogP contribution is 2.43. The lowest BCUT2D eigenvalue weighted by atomic mass is 9.69. The lowest BCUT2D eigenvalue weighted by Crippen LogP contribution is -2.51. The maximum absolute atomic E-state index is 13.0. The van der Waals surface area contributed by atoms with Crippen molar-refractivity contribution >= 4 is 6.09 Å². The van der Waals surface area contributed by atoms with E-state index in [0.29, 0.717) is 19.8 Å². The molecule has 5 N–H and O–H groups in total. The van der Waals surface area contributed by atoms with Gasteiger partial charge >= 0.3 is 6.09 Å². The molecule has 0 bridgehead atoms. The highest BCUT2D eigenvalue weighted by molar-refractivity contribution is 5.69. The van der Waals surface area contributed by atoms with Crippen LogP contribution in [0, 0.1) is 38.5 Å². The molecule has 424 valence electrons. The molecular weight excluding hydrogens is 949 g/mol. The average Bonchev–Trinajstić information content (AvgIpc) is 3.66. The van der Waals surface area contributed by atoms with Crippen molar-refractivity contribution in [3.05, 3.63) is 128 Å². The zero-order valence-electron chi connectivity index (χ0n) is 50.6. The number of aliphatic hydroxyl groups excluding tert-OH is 3. The van der Waals surface area contributed by atoms with E-state index in [4.69, 9.17) is 29.8 Å². The number of hydrogen-bond acceptors (Lipinski definition) is 9. The third-order valence-electron chi connectivity index (χ3n) is 16.3. The summed E-state index contributed by atoms with van der Waals surface area (Å²) >= 11 is 0. The first-order valence-corrected chi connectivity index (χ1v) is 28.4. The van der Waals surface area contributed by atoms with Gasteiger partial charge in [0.05, 0.1) is 37.5 Å². The second kappa shape index (κ2) is 26.5. The Bertz CT molecular complexity index is 2480. The first-order valence-electron chi connectivity index (χ1n) is 28.4. The quantitative estimate of drug-likeness (QED) is 0.0641. The van der Waals surface area contributed by atoms with Gasteiger partial charge < -0.3 is 40.0 Å². The van der Waals surface area contributed by atoms with Crippen molar-refractivity contribution in [2.45, 2.75) is 229 Å². The molecule has 1 amide bonds. The van der Waals surface area contributed by atoms with Gasteiger partial charge in [-0.25, -0.2) is 4.79 Å². The molecule has 0 aliphatic carbocycles. The summed E-state index contributed by atoms with van der Waals surface area (Å²) in [5.41, 5.74) is 16.6. The summed E-state index contributed by atoms with van der Waals surface area (Å²) in [4.78, 5) is 14.7. The molecule has 76 heavy (non-hydrogen) atoms. The molecule has 0 saturated carbocycles. The van der Waals surface area contributed by atoms with E-state index in [1.165, 1.54) is 44.5 Å². The van der Waals surface area contributed by atoms with Crippen LogP contribution in [0.5, 0.6) is 11.5 Å². The van der Waals surface area contributed by atoms with Gasteiger partial charge in [0.1, 0.15) is 36.0 Å². The minimum atomic E-state index is -0.767. The van der Waals surface area contributed by atoms with Gasteiger partial charge in [-0.2, -0.15) is 0 Å². The fourth-order valence-corrected chi connectivity index (χ4v) is 10.8. The third kappa shape index (κ3) is 16.1. The van der Waals surface area contributed by atoms with Crippen LogP contribution in [0.25, 0.3) is 0 Å². The number of rotatable bonds is 21. The van der Waals surface area contributed by atoms with Crippen LogP contribution in [0.15, 0.2) is 72.8 Å². The fourth-order valence-electron chi connectivity index (χ4n) is 10.8.